The molecule has 0 amide bonds. The Morgan fingerprint density at radius 1 is 1.11 bits per heavy atom. The van der Waals surface area contributed by atoms with E-state index >= 15 is 0 Å². The Morgan fingerprint density at radius 3 is 2.00 bits per heavy atom. The molecule has 108 valence electrons. The van der Waals surface area contributed by atoms with Crippen LogP contribution < -0.4 is 5.73 Å². The summed E-state index contributed by atoms with van der Waals surface area (Å²) in [4.78, 5) is 3.98. The standard InChI is InChI=1S/C9H13N.C6H11N.C2H6/c1-3-5-6-8-9(10)7-4-2;1-4-5-7-6(2)3;1-2/h3,5-6,8-9H,10H2,1-2H3;4-5H,1-3H3;1-2H3/b5-3-,8-6-;5-4-;. The SMILES string of the molecule is C/C=C\N=C(C)C.CC.CC#CC(N)/C=C\C=C/C. The maximum atomic E-state index is 5.53. The predicted molar refractivity (Wildman–Crippen MR) is 90.3 cm³/mol. The molecule has 0 rings (SSSR count). The van der Waals surface area contributed by atoms with Gasteiger partial charge in [-0.05, 0) is 34.6 Å². The summed E-state index contributed by atoms with van der Waals surface area (Å²) >= 11 is 0. The minimum Gasteiger partial charge on any atom is -0.314 e. The summed E-state index contributed by atoms with van der Waals surface area (Å²) < 4.78 is 0. The van der Waals surface area contributed by atoms with Gasteiger partial charge in [-0.3, -0.25) is 4.99 Å². The summed E-state index contributed by atoms with van der Waals surface area (Å²) in [6, 6.07) is -0.124. The number of rotatable bonds is 3. The summed E-state index contributed by atoms with van der Waals surface area (Å²) in [5, 5.41) is 0. The molecule has 0 aromatic heterocycles. The lowest BCUT2D eigenvalue weighted by Crippen LogP contribution is -2.13. The molecule has 2 N–H and O–H groups in total. The highest BCUT2D eigenvalue weighted by molar-refractivity contribution is 5.79. The summed E-state index contributed by atoms with van der Waals surface area (Å²) in [6.07, 6.45) is 11.3. The monoisotopic (exact) mass is 262 g/mol. The molecule has 0 aliphatic carbocycles. The molecule has 19 heavy (non-hydrogen) atoms. The first-order valence-electron chi connectivity index (χ1n) is 6.68. The van der Waals surface area contributed by atoms with E-state index in [1.807, 2.05) is 71.9 Å². The number of nitrogens with zero attached hydrogens (tertiary/aromatic N) is 1. The van der Waals surface area contributed by atoms with Crippen LogP contribution in [0, 0.1) is 11.8 Å². The quantitative estimate of drug-likeness (QED) is 0.454. The minimum absolute atomic E-state index is 0.124. The summed E-state index contributed by atoms with van der Waals surface area (Å²) in [7, 11) is 0. The van der Waals surface area contributed by atoms with Crippen LogP contribution >= 0.6 is 0 Å². The van der Waals surface area contributed by atoms with Crippen molar-refractivity contribution in [1.29, 1.82) is 0 Å². The third-order valence-corrected chi connectivity index (χ3v) is 1.41. The van der Waals surface area contributed by atoms with Crippen molar-refractivity contribution in [2.45, 2.75) is 54.5 Å². The topological polar surface area (TPSA) is 38.4 Å². The molecule has 1 unspecified atom stereocenters. The zero-order valence-electron chi connectivity index (χ0n) is 13.6. The zero-order valence-corrected chi connectivity index (χ0v) is 13.6. The molecule has 2 heteroatoms. The number of aliphatic imine (C=N–C) groups is 1. The second-order valence-electron chi connectivity index (χ2n) is 3.39. The highest BCUT2D eigenvalue weighted by Gasteiger charge is 1.83. The first-order valence-corrected chi connectivity index (χ1v) is 6.68. The highest BCUT2D eigenvalue weighted by Crippen LogP contribution is 1.81. The number of hydrogen-bond acceptors (Lipinski definition) is 2. The van der Waals surface area contributed by atoms with E-state index in [1.54, 1.807) is 13.1 Å². The maximum Gasteiger partial charge on any atom is 0.0853 e. The fraction of sp³-hybridized carbons (Fsp3) is 0.471. The van der Waals surface area contributed by atoms with Crippen LogP contribution in [-0.2, 0) is 0 Å². The van der Waals surface area contributed by atoms with Crippen molar-refractivity contribution in [1.82, 2.24) is 0 Å². The fourth-order valence-corrected chi connectivity index (χ4v) is 0.733. The molecule has 0 saturated carbocycles. The van der Waals surface area contributed by atoms with Crippen molar-refractivity contribution >= 4 is 5.71 Å². The second-order valence-corrected chi connectivity index (χ2v) is 3.39. The Bertz CT molecular complexity index is 332. The van der Waals surface area contributed by atoms with Crippen molar-refractivity contribution in [3.8, 4) is 11.8 Å². The normalized spacial score (nSPS) is 10.9. The van der Waals surface area contributed by atoms with Crippen molar-refractivity contribution in [2.24, 2.45) is 10.7 Å². The third kappa shape index (κ3) is 31.4. The van der Waals surface area contributed by atoms with Gasteiger partial charge in [0.05, 0.1) is 6.04 Å². The van der Waals surface area contributed by atoms with Gasteiger partial charge in [0.1, 0.15) is 0 Å². The average molecular weight is 262 g/mol. The van der Waals surface area contributed by atoms with Gasteiger partial charge in [-0.2, -0.15) is 0 Å². The first-order chi connectivity index (χ1) is 9.08. The van der Waals surface area contributed by atoms with Crippen molar-refractivity contribution in [3.05, 3.63) is 36.6 Å². The lowest BCUT2D eigenvalue weighted by molar-refractivity contribution is 1.07. The largest absolute Gasteiger partial charge is 0.314 e. The average Bonchev–Trinajstić information content (AvgIpc) is 2.40. The number of hydrogen-bond donors (Lipinski definition) is 1. The van der Waals surface area contributed by atoms with E-state index in [9.17, 15) is 0 Å². The van der Waals surface area contributed by atoms with Crippen LogP contribution in [0.15, 0.2) is 41.6 Å². The molecule has 2 nitrogen and oxygen atoms in total. The molecule has 1 atom stereocenters. The Morgan fingerprint density at radius 2 is 1.68 bits per heavy atom. The van der Waals surface area contributed by atoms with Gasteiger partial charge < -0.3 is 5.73 Å². The second kappa shape index (κ2) is 21.7. The van der Waals surface area contributed by atoms with E-state index in [4.69, 9.17) is 5.73 Å². The van der Waals surface area contributed by atoms with Gasteiger partial charge in [-0.25, -0.2) is 0 Å². The van der Waals surface area contributed by atoms with Crippen LogP contribution in [0.3, 0.4) is 0 Å². The van der Waals surface area contributed by atoms with Gasteiger partial charge in [0, 0.05) is 11.9 Å². The van der Waals surface area contributed by atoms with Crippen LogP contribution in [0.4, 0.5) is 0 Å². The predicted octanol–water partition coefficient (Wildman–Crippen LogP) is 4.50. The lowest BCUT2D eigenvalue weighted by Gasteiger charge is -1.90. The molecule has 0 spiro atoms. The van der Waals surface area contributed by atoms with Crippen molar-refractivity contribution in [3.63, 3.8) is 0 Å². The molecule has 0 aliphatic rings. The molecule has 0 heterocycles. The van der Waals surface area contributed by atoms with Crippen LogP contribution in [0.5, 0.6) is 0 Å². The molecule has 0 aliphatic heterocycles. The van der Waals surface area contributed by atoms with Gasteiger partial charge in [0.15, 0.2) is 0 Å². The zero-order chi connectivity index (χ0) is 15.5. The molecule has 0 aromatic rings. The van der Waals surface area contributed by atoms with Gasteiger partial charge in [-0.1, -0.05) is 50.1 Å². The fourth-order valence-electron chi connectivity index (χ4n) is 0.733. The molecule has 0 aromatic carbocycles. The van der Waals surface area contributed by atoms with E-state index in [0.717, 1.165) is 5.71 Å². The van der Waals surface area contributed by atoms with Gasteiger partial charge in [0.2, 0.25) is 0 Å². The minimum atomic E-state index is -0.124. The smallest absolute Gasteiger partial charge is 0.0853 e. The van der Waals surface area contributed by atoms with Gasteiger partial charge in [-0.15, -0.1) is 5.92 Å². The molecule has 0 saturated heterocycles. The Labute approximate surface area is 120 Å². The molecule has 0 radical (unpaired) electrons. The maximum absolute atomic E-state index is 5.53. The van der Waals surface area contributed by atoms with Crippen LogP contribution in [-0.4, -0.2) is 11.8 Å². The number of allylic oxidation sites excluding steroid dienone is 4. The summed E-state index contributed by atoms with van der Waals surface area (Å²) in [6.45, 7) is 13.6. The summed E-state index contributed by atoms with van der Waals surface area (Å²) in [5.41, 5.74) is 6.63. The third-order valence-electron chi connectivity index (χ3n) is 1.41. The van der Waals surface area contributed by atoms with Crippen molar-refractivity contribution < 1.29 is 0 Å². The van der Waals surface area contributed by atoms with E-state index in [2.05, 4.69) is 16.8 Å². The van der Waals surface area contributed by atoms with Gasteiger partial charge in [0.25, 0.3) is 0 Å². The van der Waals surface area contributed by atoms with E-state index in [1.165, 1.54) is 0 Å². The molecule has 0 bridgehead atoms. The van der Waals surface area contributed by atoms with Crippen molar-refractivity contribution in [2.75, 3.05) is 0 Å². The Hall–Kier alpha value is -1.59. The van der Waals surface area contributed by atoms with E-state index < -0.39 is 0 Å². The molecular formula is C17H30N2. The van der Waals surface area contributed by atoms with Gasteiger partial charge >= 0.3 is 0 Å². The highest BCUT2D eigenvalue weighted by atomic mass is 14.7. The summed E-state index contributed by atoms with van der Waals surface area (Å²) in [5.74, 6) is 5.56. The van der Waals surface area contributed by atoms with Crippen LogP contribution in [0.25, 0.3) is 0 Å². The lowest BCUT2D eigenvalue weighted by atomic mass is 10.3. The first kappa shape index (κ1) is 22.6. The number of nitrogens with two attached hydrogens (primary N) is 1. The molecular weight excluding hydrogens is 232 g/mol. The van der Waals surface area contributed by atoms with Crippen LogP contribution in [0.2, 0.25) is 0 Å². The van der Waals surface area contributed by atoms with E-state index in [0.29, 0.717) is 0 Å². The Balaban J connectivity index is -0.000000249. The Kier molecular flexibility index (Phi) is 25.8. The molecule has 0 fully saturated rings. The van der Waals surface area contributed by atoms with Crippen LogP contribution in [0.1, 0.15) is 48.5 Å². The van der Waals surface area contributed by atoms with E-state index in [-0.39, 0.29) is 6.04 Å².